The summed E-state index contributed by atoms with van der Waals surface area (Å²) in [4.78, 5) is 0. The molecule has 1 N–H and O–H groups in total. The maximum atomic E-state index is 5.84. The van der Waals surface area contributed by atoms with E-state index in [1.165, 1.54) is 29.9 Å². The minimum atomic E-state index is 0.694. The van der Waals surface area contributed by atoms with Crippen LogP contribution in [0.15, 0.2) is 24.3 Å². The first-order valence-corrected chi connectivity index (χ1v) is 6.93. The number of hydrogen-bond donors (Lipinski definition) is 1. The fourth-order valence-electron chi connectivity index (χ4n) is 1.77. The molecule has 1 saturated heterocycles. The Labute approximate surface area is 101 Å². The molecule has 0 aliphatic carbocycles. The Morgan fingerprint density at radius 3 is 2.80 bits per heavy atom. The number of hydrogen-bond acceptors (Lipinski definition) is 2. The van der Waals surface area contributed by atoms with Crippen LogP contribution in [0.25, 0.3) is 0 Å². The van der Waals surface area contributed by atoms with E-state index in [0.29, 0.717) is 6.04 Å². The molecular weight excluding hydrogens is 226 g/mol. The summed E-state index contributed by atoms with van der Waals surface area (Å²) in [7, 11) is 0. The molecule has 0 amide bonds. The van der Waals surface area contributed by atoms with Crippen LogP contribution < -0.4 is 5.32 Å². The van der Waals surface area contributed by atoms with Gasteiger partial charge in [-0.3, -0.25) is 0 Å². The van der Waals surface area contributed by atoms with Gasteiger partial charge < -0.3 is 5.32 Å². The number of nitrogens with one attached hydrogen (secondary N) is 1. The minimum absolute atomic E-state index is 0.694. The molecular formula is C12H16ClNS. The molecule has 82 valence electrons. The Bertz CT molecular complexity index is 293. The molecule has 1 aromatic carbocycles. The van der Waals surface area contributed by atoms with Gasteiger partial charge in [0.2, 0.25) is 0 Å². The highest BCUT2D eigenvalue weighted by Gasteiger charge is 2.12. The molecule has 1 aliphatic heterocycles. The molecule has 0 saturated carbocycles. The lowest BCUT2D eigenvalue weighted by atomic mass is 10.1. The van der Waals surface area contributed by atoms with E-state index < -0.39 is 0 Å². The average molecular weight is 242 g/mol. The van der Waals surface area contributed by atoms with Crippen LogP contribution in [0, 0.1) is 0 Å². The lowest BCUT2D eigenvalue weighted by Gasteiger charge is -2.22. The van der Waals surface area contributed by atoms with Crippen LogP contribution in [-0.2, 0) is 6.54 Å². The summed E-state index contributed by atoms with van der Waals surface area (Å²) >= 11 is 7.89. The number of rotatable bonds is 3. The molecule has 1 atom stereocenters. The Balaban J connectivity index is 1.79. The lowest BCUT2D eigenvalue weighted by Crippen LogP contribution is -2.33. The summed E-state index contributed by atoms with van der Waals surface area (Å²) in [6, 6.07) is 8.78. The molecule has 1 aliphatic rings. The van der Waals surface area contributed by atoms with Gasteiger partial charge >= 0.3 is 0 Å². The zero-order valence-electron chi connectivity index (χ0n) is 8.71. The smallest absolute Gasteiger partial charge is 0.0406 e. The first-order valence-electron chi connectivity index (χ1n) is 5.40. The van der Waals surface area contributed by atoms with Crippen LogP contribution in [-0.4, -0.2) is 17.5 Å². The molecule has 1 fully saturated rings. The number of halogens is 1. The maximum absolute atomic E-state index is 5.84. The zero-order valence-corrected chi connectivity index (χ0v) is 10.3. The van der Waals surface area contributed by atoms with Gasteiger partial charge in [-0.2, -0.15) is 11.8 Å². The van der Waals surface area contributed by atoms with Crippen molar-refractivity contribution in [2.24, 2.45) is 0 Å². The summed E-state index contributed by atoms with van der Waals surface area (Å²) in [5.74, 6) is 2.59. The fraction of sp³-hybridized carbons (Fsp3) is 0.500. The van der Waals surface area contributed by atoms with Crippen molar-refractivity contribution in [1.29, 1.82) is 0 Å². The van der Waals surface area contributed by atoms with Crippen LogP contribution in [0.5, 0.6) is 0 Å². The molecule has 0 radical (unpaired) electrons. The first-order chi connectivity index (χ1) is 7.34. The third-order valence-electron chi connectivity index (χ3n) is 2.67. The van der Waals surface area contributed by atoms with Crippen molar-refractivity contribution in [2.45, 2.75) is 25.4 Å². The van der Waals surface area contributed by atoms with Crippen molar-refractivity contribution in [2.75, 3.05) is 11.5 Å². The van der Waals surface area contributed by atoms with E-state index in [4.69, 9.17) is 11.6 Å². The summed E-state index contributed by atoms with van der Waals surface area (Å²) < 4.78 is 0. The van der Waals surface area contributed by atoms with Gasteiger partial charge in [0.05, 0.1) is 0 Å². The lowest BCUT2D eigenvalue weighted by molar-refractivity contribution is 0.507. The molecule has 3 heteroatoms. The third-order valence-corrected chi connectivity index (χ3v) is 4.14. The summed E-state index contributed by atoms with van der Waals surface area (Å²) in [6.45, 7) is 0.961. The summed E-state index contributed by atoms with van der Waals surface area (Å²) in [6.07, 6.45) is 2.67. The quantitative estimate of drug-likeness (QED) is 0.872. The second-order valence-corrected chi connectivity index (χ2v) is 5.51. The van der Waals surface area contributed by atoms with Crippen molar-refractivity contribution < 1.29 is 0 Å². The highest BCUT2D eigenvalue weighted by molar-refractivity contribution is 7.99. The Hall–Kier alpha value is -0.180. The molecule has 1 unspecified atom stereocenters. The molecule has 1 heterocycles. The predicted molar refractivity (Wildman–Crippen MR) is 68.6 cm³/mol. The Morgan fingerprint density at radius 2 is 2.13 bits per heavy atom. The van der Waals surface area contributed by atoms with Gasteiger partial charge in [0.25, 0.3) is 0 Å². The van der Waals surface area contributed by atoms with E-state index >= 15 is 0 Å². The molecule has 0 bridgehead atoms. The van der Waals surface area contributed by atoms with Crippen molar-refractivity contribution in [3.05, 3.63) is 34.9 Å². The van der Waals surface area contributed by atoms with E-state index in [9.17, 15) is 0 Å². The van der Waals surface area contributed by atoms with Gasteiger partial charge in [-0.25, -0.2) is 0 Å². The van der Waals surface area contributed by atoms with Gasteiger partial charge in [-0.05, 0) is 36.3 Å². The Morgan fingerprint density at radius 1 is 1.33 bits per heavy atom. The molecule has 1 nitrogen and oxygen atoms in total. The SMILES string of the molecule is Clc1ccc(CNC2CCCSC2)cc1. The van der Waals surface area contributed by atoms with Crippen molar-refractivity contribution in [1.82, 2.24) is 5.32 Å². The van der Waals surface area contributed by atoms with E-state index in [1.54, 1.807) is 0 Å². The van der Waals surface area contributed by atoms with Gasteiger partial charge in [-0.15, -0.1) is 0 Å². The zero-order chi connectivity index (χ0) is 10.5. The maximum Gasteiger partial charge on any atom is 0.0406 e. The van der Waals surface area contributed by atoms with Gasteiger partial charge in [0.15, 0.2) is 0 Å². The standard InChI is InChI=1S/C12H16ClNS/c13-11-5-3-10(4-6-11)8-14-12-2-1-7-15-9-12/h3-6,12,14H,1-2,7-9H2. The summed E-state index contributed by atoms with van der Waals surface area (Å²) in [5, 5.41) is 4.41. The van der Waals surface area contributed by atoms with E-state index in [2.05, 4.69) is 29.2 Å². The molecule has 0 aromatic heterocycles. The predicted octanol–water partition coefficient (Wildman–Crippen LogP) is 3.33. The van der Waals surface area contributed by atoms with Crippen LogP contribution in [0.2, 0.25) is 5.02 Å². The average Bonchev–Trinajstić information content (AvgIpc) is 2.30. The number of thioether (sulfide) groups is 1. The fourth-order valence-corrected chi connectivity index (χ4v) is 3.00. The van der Waals surface area contributed by atoms with Crippen molar-refractivity contribution in [3.8, 4) is 0 Å². The van der Waals surface area contributed by atoms with Crippen molar-refractivity contribution >= 4 is 23.4 Å². The molecule has 0 spiro atoms. The van der Waals surface area contributed by atoms with E-state index in [-0.39, 0.29) is 0 Å². The minimum Gasteiger partial charge on any atom is -0.309 e. The third kappa shape index (κ3) is 3.71. The topological polar surface area (TPSA) is 12.0 Å². The van der Waals surface area contributed by atoms with Gasteiger partial charge in [-0.1, -0.05) is 23.7 Å². The second-order valence-electron chi connectivity index (χ2n) is 3.92. The van der Waals surface area contributed by atoms with Crippen LogP contribution in [0.4, 0.5) is 0 Å². The van der Waals surface area contributed by atoms with Gasteiger partial charge in [0.1, 0.15) is 0 Å². The molecule has 15 heavy (non-hydrogen) atoms. The van der Waals surface area contributed by atoms with Gasteiger partial charge in [0, 0.05) is 23.4 Å². The highest BCUT2D eigenvalue weighted by atomic mass is 35.5. The summed E-state index contributed by atoms with van der Waals surface area (Å²) in [5.41, 5.74) is 1.31. The highest BCUT2D eigenvalue weighted by Crippen LogP contribution is 2.17. The second kappa shape index (κ2) is 5.78. The van der Waals surface area contributed by atoms with Crippen LogP contribution >= 0.6 is 23.4 Å². The monoisotopic (exact) mass is 241 g/mol. The van der Waals surface area contributed by atoms with E-state index in [0.717, 1.165) is 11.6 Å². The van der Waals surface area contributed by atoms with E-state index in [1.807, 2.05) is 12.1 Å². The molecule has 1 aromatic rings. The van der Waals surface area contributed by atoms with Crippen LogP contribution in [0.1, 0.15) is 18.4 Å². The van der Waals surface area contributed by atoms with Crippen LogP contribution in [0.3, 0.4) is 0 Å². The molecule has 2 rings (SSSR count). The largest absolute Gasteiger partial charge is 0.309 e. The first kappa shape index (κ1) is 11.3. The Kier molecular flexibility index (Phi) is 4.36. The number of benzene rings is 1. The van der Waals surface area contributed by atoms with Crippen molar-refractivity contribution in [3.63, 3.8) is 0 Å². The normalized spacial score (nSPS) is 21.5.